The van der Waals surface area contributed by atoms with Gasteiger partial charge in [0.05, 0.1) is 6.10 Å². The number of ether oxygens (including phenoxy) is 2. The van der Waals surface area contributed by atoms with E-state index in [1.807, 2.05) is 60.7 Å². The maximum Gasteiger partial charge on any atom is 0.408 e. The highest BCUT2D eigenvalue weighted by atomic mass is 16.5. The van der Waals surface area contributed by atoms with Crippen LogP contribution in [-0.4, -0.2) is 30.8 Å². The molecule has 2 unspecified atom stereocenters. The van der Waals surface area contributed by atoms with Gasteiger partial charge in [-0.05, 0) is 24.0 Å². The second kappa shape index (κ2) is 9.73. The lowest BCUT2D eigenvalue weighted by Gasteiger charge is -2.23. The van der Waals surface area contributed by atoms with Gasteiger partial charge < -0.3 is 20.1 Å². The summed E-state index contributed by atoms with van der Waals surface area (Å²) in [4.78, 5) is 24.8. The molecule has 2 atom stereocenters. The molecule has 0 spiro atoms. The molecule has 3 rings (SSSR count). The molecule has 0 radical (unpaired) electrons. The van der Waals surface area contributed by atoms with E-state index in [1.54, 1.807) is 0 Å². The normalized spacial score (nSPS) is 17.1. The molecule has 0 bridgehead atoms. The van der Waals surface area contributed by atoms with Crippen LogP contribution in [0.3, 0.4) is 0 Å². The molecule has 1 aliphatic rings. The number of hydrogen-bond acceptors (Lipinski definition) is 4. The number of rotatable bonds is 7. The van der Waals surface area contributed by atoms with Gasteiger partial charge in [0.1, 0.15) is 12.6 Å². The predicted octanol–water partition coefficient (Wildman–Crippen LogP) is 2.78. The van der Waals surface area contributed by atoms with Gasteiger partial charge in [-0.3, -0.25) is 4.79 Å². The van der Waals surface area contributed by atoms with Crippen molar-refractivity contribution in [2.45, 2.75) is 38.1 Å². The summed E-state index contributed by atoms with van der Waals surface area (Å²) in [6.07, 6.45) is 0.621. The zero-order valence-corrected chi connectivity index (χ0v) is 15.1. The Labute approximate surface area is 158 Å². The fourth-order valence-corrected chi connectivity index (χ4v) is 2.98. The zero-order valence-electron chi connectivity index (χ0n) is 15.1. The molecular formula is C21H24N2O4. The van der Waals surface area contributed by atoms with E-state index in [0.717, 1.165) is 24.0 Å². The minimum atomic E-state index is -0.778. The maximum absolute atomic E-state index is 12.7. The van der Waals surface area contributed by atoms with Gasteiger partial charge in [-0.25, -0.2) is 4.79 Å². The Hall–Kier alpha value is -2.86. The number of nitrogens with one attached hydrogen (secondary N) is 2. The van der Waals surface area contributed by atoms with Crippen molar-refractivity contribution in [2.24, 2.45) is 0 Å². The third-order valence-corrected chi connectivity index (χ3v) is 4.41. The first-order valence-corrected chi connectivity index (χ1v) is 9.13. The van der Waals surface area contributed by atoms with Crippen LogP contribution in [0.2, 0.25) is 0 Å². The number of carbonyl (C=O) groups is 2. The molecule has 0 aromatic heterocycles. The molecule has 6 heteroatoms. The van der Waals surface area contributed by atoms with Crippen LogP contribution >= 0.6 is 0 Å². The monoisotopic (exact) mass is 368 g/mol. The van der Waals surface area contributed by atoms with Gasteiger partial charge in [0.15, 0.2) is 0 Å². The first kappa shape index (κ1) is 18.9. The maximum atomic E-state index is 12.7. The Kier molecular flexibility index (Phi) is 6.82. The van der Waals surface area contributed by atoms with E-state index in [2.05, 4.69) is 10.6 Å². The molecule has 0 aliphatic carbocycles. The van der Waals surface area contributed by atoms with E-state index in [1.165, 1.54) is 0 Å². The Morgan fingerprint density at radius 2 is 1.70 bits per heavy atom. The summed E-state index contributed by atoms with van der Waals surface area (Å²) in [6, 6.07) is 18.2. The summed E-state index contributed by atoms with van der Waals surface area (Å²) in [5, 5.41) is 5.53. The second-order valence-corrected chi connectivity index (χ2v) is 6.44. The van der Waals surface area contributed by atoms with E-state index in [4.69, 9.17) is 9.47 Å². The predicted molar refractivity (Wildman–Crippen MR) is 101 cm³/mol. The molecule has 1 fully saturated rings. The molecule has 2 N–H and O–H groups in total. The van der Waals surface area contributed by atoms with Crippen molar-refractivity contribution in [1.29, 1.82) is 0 Å². The second-order valence-electron chi connectivity index (χ2n) is 6.44. The van der Waals surface area contributed by atoms with Gasteiger partial charge in [-0.2, -0.15) is 0 Å². The lowest BCUT2D eigenvalue weighted by Crippen LogP contribution is -2.53. The van der Waals surface area contributed by atoms with Gasteiger partial charge in [0, 0.05) is 13.2 Å². The van der Waals surface area contributed by atoms with Crippen LogP contribution in [0.1, 0.15) is 24.0 Å². The Balaban J connectivity index is 1.55. The van der Waals surface area contributed by atoms with Crippen molar-refractivity contribution in [3.8, 4) is 0 Å². The summed E-state index contributed by atoms with van der Waals surface area (Å²) >= 11 is 0. The van der Waals surface area contributed by atoms with Crippen molar-refractivity contribution >= 4 is 12.0 Å². The fourth-order valence-electron chi connectivity index (χ4n) is 2.98. The van der Waals surface area contributed by atoms with Crippen LogP contribution < -0.4 is 10.6 Å². The van der Waals surface area contributed by atoms with Crippen LogP contribution in [0.4, 0.5) is 4.79 Å². The number of benzene rings is 2. The van der Waals surface area contributed by atoms with Crippen LogP contribution in [0.5, 0.6) is 0 Å². The average molecular weight is 368 g/mol. The first-order valence-electron chi connectivity index (χ1n) is 9.13. The Morgan fingerprint density at radius 3 is 2.33 bits per heavy atom. The molecular weight excluding hydrogens is 344 g/mol. The fraction of sp³-hybridized carbons (Fsp3) is 0.333. The van der Waals surface area contributed by atoms with E-state index in [0.29, 0.717) is 13.2 Å². The van der Waals surface area contributed by atoms with Crippen LogP contribution in [0.25, 0.3) is 0 Å². The molecule has 2 amide bonds. The van der Waals surface area contributed by atoms with Gasteiger partial charge in [-0.15, -0.1) is 0 Å². The van der Waals surface area contributed by atoms with Crippen LogP contribution in [-0.2, 0) is 27.4 Å². The quantitative estimate of drug-likeness (QED) is 0.788. The molecule has 1 heterocycles. The van der Waals surface area contributed by atoms with Gasteiger partial charge in [-0.1, -0.05) is 60.7 Å². The van der Waals surface area contributed by atoms with Crippen molar-refractivity contribution in [1.82, 2.24) is 10.6 Å². The highest BCUT2D eigenvalue weighted by molar-refractivity contribution is 5.86. The summed E-state index contributed by atoms with van der Waals surface area (Å²) in [5.74, 6) is -0.276. The lowest BCUT2D eigenvalue weighted by molar-refractivity contribution is -0.126. The summed E-state index contributed by atoms with van der Waals surface area (Å²) in [5.41, 5.74) is 1.87. The zero-order chi connectivity index (χ0) is 18.9. The van der Waals surface area contributed by atoms with E-state index in [-0.39, 0.29) is 18.6 Å². The van der Waals surface area contributed by atoms with E-state index >= 15 is 0 Å². The molecule has 1 saturated heterocycles. The molecule has 1 aliphatic heterocycles. The molecule has 6 nitrogen and oxygen atoms in total. The van der Waals surface area contributed by atoms with Crippen molar-refractivity contribution in [3.05, 3.63) is 71.8 Å². The van der Waals surface area contributed by atoms with Crippen molar-refractivity contribution in [2.75, 3.05) is 6.61 Å². The molecule has 27 heavy (non-hydrogen) atoms. The number of carbonyl (C=O) groups excluding carboxylic acids is 2. The largest absolute Gasteiger partial charge is 0.445 e. The topological polar surface area (TPSA) is 76.7 Å². The number of alkyl carbamates (subject to hydrolysis) is 1. The Morgan fingerprint density at radius 1 is 1.04 bits per heavy atom. The Bertz CT molecular complexity index is 730. The first-order chi connectivity index (χ1) is 13.2. The highest BCUT2D eigenvalue weighted by Crippen LogP contribution is 2.16. The van der Waals surface area contributed by atoms with E-state index < -0.39 is 12.1 Å². The van der Waals surface area contributed by atoms with Crippen LogP contribution in [0.15, 0.2) is 60.7 Å². The van der Waals surface area contributed by atoms with Gasteiger partial charge in [0.2, 0.25) is 5.91 Å². The minimum absolute atomic E-state index is 0.149. The average Bonchev–Trinajstić information content (AvgIpc) is 3.25. The van der Waals surface area contributed by atoms with Crippen molar-refractivity contribution < 1.29 is 19.1 Å². The van der Waals surface area contributed by atoms with Crippen LogP contribution in [0, 0.1) is 0 Å². The third kappa shape index (κ3) is 5.82. The molecule has 142 valence electrons. The summed E-state index contributed by atoms with van der Waals surface area (Å²) in [7, 11) is 0. The molecule has 0 saturated carbocycles. The molecule has 2 aromatic carbocycles. The molecule has 2 aromatic rings. The lowest BCUT2D eigenvalue weighted by atomic mass is 10.1. The van der Waals surface area contributed by atoms with Crippen molar-refractivity contribution in [3.63, 3.8) is 0 Å². The van der Waals surface area contributed by atoms with Gasteiger partial charge in [0.25, 0.3) is 0 Å². The summed E-state index contributed by atoms with van der Waals surface area (Å²) < 4.78 is 10.9. The van der Waals surface area contributed by atoms with E-state index in [9.17, 15) is 9.59 Å². The standard InChI is InChI=1S/C21H24N2O4/c24-20(22-14-16-8-3-1-4-9-16)19(18-12-7-13-26-18)23-21(25)27-15-17-10-5-2-6-11-17/h1-6,8-11,18-19H,7,12-15H2,(H,22,24)(H,23,25). The van der Waals surface area contributed by atoms with Gasteiger partial charge >= 0.3 is 6.09 Å². The minimum Gasteiger partial charge on any atom is -0.445 e. The summed E-state index contributed by atoms with van der Waals surface area (Å²) in [6.45, 7) is 1.13. The smallest absolute Gasteiger partial charge is 0.408 e. The number of amides is 2. The SMILES string of the molecule is O=C(NC(C(=O)NCc1ccccc1)C1CCCO1)OCc1ccccc1. The number of hydrogen-bond donors (Lipinski definition) is 2. The third-order valence-electron chi connectivity index (χ3n) is 4.41. The highest BCUT2D eigenvalue weighted by Gasteiger charge is 2.33.